The summed E-state index contributed by atoms with van der Waals surface area (Å²) in [4.78, 5) is 39.7. The predicted octanol–water partition coefficient (Wildman–Crippen LogP) is 1.97. The third-order valence-electron chi connectivity index (χ3n) is 3.91. The first kappa shape index (κ1) is 20.1. The fraction of sp³-hybridized carbons (Fsp3) is 0.300. The van der Waals surface area contributed by atoms with Gasteiger partial charge in [-0.1, -0.05) is 32.0 Å². The van der Waals surface area contributed by atoms with Crippen molar-refractivity contribution in [2.45, 2.75) is 32.7 Å². The molecule has 0 aliphatic carbocycles. The molecule has 3 amide bonds. The maximum atomic E-state index is 12.0. The van der Waals surface area contributed by atoms with Crippen LogP contribution >= 0.6 is 0 Å². The van der Waals surface area contributed by atoms with Gasteiger partial charge in [-0.2, -0.15) is 0 Å². The van der Waals surface area contributed by atoms with Crippen molar-refractivity contribution < 1.29 is 14.4 Å². The normalized spacial score (nSPS) is 10.3. The maximum Gasteiger partial charge on any atom is 0.313 e. The van der Waals surface area contributed by atoms with Gasteiger partial charge in [0, 0.05) is 37.6 Å². The van der Waals surface area contributed by atoms with E-state index in [-0.39, 0.29) is 24.8 Å². The quantitative estimate of drug-likeness (QED) is 0.651. The minimum Gasteiger partial charge on any atom is -0.352 e. The molecule has 0 bridgehead atoms. The lowest BCUT2D eigenvalue weighted by atomic mass is 10.0. The number of hydrogen-bond acceptors (Lipinski definition) is 4. The maximum absolute atomic E-state index is 12.0. The first-order chi connectivity index (χ1) is 13.0. The molecule has 0 aliphatic rings. The van der Waals surface area contributed by atoms with Gasteiger partial charge in [-0.15, -0.1) is 0 Å². The largest absolute Gasteiger partial charge is 0.352 e. The molecule has 7 nitrogen and oxygen atoms in total. The number of aromatic nitrogens is 1. The van der Waals surface area contributed by atoms with Crippen molar-refractivity contribution in [3.8, 4) is 0 Å². The molecule has 2 rings (SSSR count). The van der Waals surface area contributed by atoms with Crippen molar-refractivity contribution in [1.82, 2.24) is 15.6 Å². The number of para-hydroxylation sites is 1. The van der Waals surface area contributed by atoms with E-state index in [1.54, 1.807) is 36.7 Å². The molecule has 7 heteroatoms. The molecular weight excluding hydrogens is 344 g/mol. The smallest absolute Gasteiger partial charge is 0.313 e. The highest BCUT2D eigenvalue weighted by Gasteiger charge is 2.16. The Morgan fingerprint density at radius 2 is 1.67 bits per heavy atom. The molecule has 2 aromatic rings. The first-order valence-corrected chi connectivity index (χ1v) is 8.81. The van der Waals surface area contributed by atoms with Gasteiger partial charge in [0.05, 0.1) is 0 Å². The summed E-state index contributed by atoms with van der Waals surface area (Å²) < 4.78 is 0. The molecule has 0 unspecified atom stereocenters. The van der Waals surface area contributed by atoms with E-state index in [0.29, 0.717) is 12.2 Å². The van der Waals surface area contributed by atoms with Crippen molar-refractivity contribution in [2.75, 3.05) is 11.9 Å². The average molecular weight is 368 g/mol. The summed E-state index contributed by atoms with van der Waals surface area (Å²) in [5.74, 6) is -1.51. The Kier molecular flexibility index (Phi) is 7.49. The number of carbonyl (C=O) groups is 3. The van der Waals surface area contributed by atoms with E-state index >= 15 is 0 Å². The monoisotopic (exact) mass is 368 g/mol. The Bertz CT molecular complexity index is 791. The van der Waals surface area contributed by atoms with E-state index in [2.05, 4.69) is 20.9 Å². The van der Waals surface area contributed by atoms with Crippen LogP contribution in [0, 0.1) is 0 Å². The number of rotatable bonds is 7. The second-order valence-corrected chi connectivity index (χ2v) is 6.33. The Balaban J connectivity index is 1.73. The fourth-order valence-electron chi connectivity index (χ4n) is 2.45. The summed E-state index contributed by atoms with van der Waals surface area (Å²) in [5.41, 5.74) is 2.50. The number of nitrogens with one attached hydrogen (secondary N) is 3. The van der Waals surface area contributed by atoms with Gasteiger partial charge in [0.15, 0.2) is 0 Å². The summed E-state index contributed by atoms with van der Waals surface area (Å²) in [6.07, 6.45) is 3.39. The van der Waals surface area contributed by atoms with Crippen molar-refractivity contribution >= 4 is 23.4 Å². The third kappa shape index (κ3) is 6.54. The summed E-state index contributed by atoms with van der Waals surface area (Å²) >= 11 is 0. The Morgan fingerprint density at radius 3 is 2.37 bits per heavy atom. The molecule has 0 saturated carbocycles. The number of nitrogens with zero attached hydrogens (tertiary/aromatic N) is 1. The predicted molar refractivity (Wildman–Crippen MR) is 103 cm³/mol. The van der Waals surface area contributed by atoms with Crippen LogP contribution in [0.15, 0.2) is 48.8 Å². The van der Waals surface area contributed by atoms with Gasteiger partial charge in [-0.05, 0) is 35.2 Å². The van der Waals surface area contributed by atoms with Gasteiger partial charge >= 0.3 is 11.8 Å². The fourth-order valence-corrected chi connectivity index (χ4v) is 2.45. The van der Waals surface area contributed by atoms with Crippen molar-refractivity contribution in [3.05, 3.63) is 59.9 Å². The van der Waals surface area contributed by atoms with Crippen molar-refractivity contribution in [2.24, 2.45) is 0 Å². The molecule has 0 fully saturated rings. The SMILES string of the molecule is CC(C)c1ccccc1NC(=O)C(=O)NCCC(=O)NCc1ccncc1. The zero-order chi connectivity index (χ0) is 19.6. The number of anilines is 1. The minimum atomic E-state index is -0.768. The summed E-state index contributed by atoms with van der Waals surface area (Å²) in [6.45, 7) is 4.49. The molecule has 1 aromatic heterocycles. The Hall–Kier alpha value is -3.22. The minimum absolute atomic E-state index is 0.0836. The molecule has 1 heterocycles. The average Bonchev–Trinajstić information content (AvgIpc) is 2.67. The summed E-state index contributed by atoms with van der Waals surface area (Å²) in [5, 5.41) is 7.82. The molecule has 0 saturated heterocycles. The van der Waals surface area contributed by atoms with Crippen LogP contribution in [-0.4, -0.2) is 29.3 Å². The second-order valence-electron chi connectivity index (χ2n) is 6.33. The van der Waals surface area contributed by atoms with E-state index in [0.717, 1.165) is 11.1 Å². The zero-order valence-electron chi connectivity index (χ0n) is 15.5. The number of carbonyl (C=O) groups excluding carboxylic acids is 3. The lowest BCUT2D eigenvalue weighted by Gasteiger charge is -2.13. The topological polar surface area (TPSA) is 100 Å². The molecule has 0 spiro atoms. The van der Waals surface area contributed by atoms with E-state index in [4.69, 9.17) is 0 Å². The summed E-state index contributed by atoms with van der Waals surface area (Å²) in [7, 11) is 0. The highest BCUT2D eigenvalue weighted by atomic mass is 16.2. The van der Waals surface area contributed by atoms with Crippen LogP contribution in [0.5, 0.6) is 0 Å². The van der Waals surface area contributed by atoms with Crippen LogP contribution < -0.4 is 16.0 Å². The van der Waals surface area contributed by atoms with Crippen molar-refractivity contribution in [3.63, 3.8) is 0 Å². The van der Waals surface area contributed by atoms with Gasteiger partial charge in [-0.3, -0.25) is 19.4 Å². The van der Waals surface area contributed by atoms with Crippen LogP contribution in [-0.2, 0) is 20.9 Å². The molecule has 142 valence electrons. The molecule has 0 aliphatic heterocycles. The lowest BCUT2D eigenvalue weighted by Crippen LogP contribution is -2.37. The zero-order valence-corrected chi connectivity index (χ0v) is 15.5. The third-order valence-corrected chi connectivity index (χ3v) is 3.91. The van der Waals surface area contributed by atoms with E-state index < -0.39 is 11.8 Å². The van der Waals surface area contributed by atoms with E-state index in [1.165, 1.54) is 0 Å². The molecule has 0 atom stereocenters. The highest BCUT2D eigenvalue weighted by Crippen LogP contribution is 2.23. The van der Waals surface area contributed by atoms with Crippen molar-refractivity contribution in [1.29, 1.82) is 0 Å². The number of benzene rings is 1. The lowest BCUT2D eigenvalue weighted by molar-refractivity contribution is -0.136. The number of amides is 3. The molecule has 1 aromatic carbocycles. The molecule has 3 N–H and O–H groups in total. The van der Waals surface area contributed by atoms with Gasteiger partial charge < -0.3 is 16.0 Å². The Labute approximate surface area is 158 Å². The van der Waals surface area contributed by atoms with Crippen LogP contribution in [0.3, 0.4) is 0 Å². The molecule has 27 heavy (non-hydrogen) atoms. The van der Waals surface area contributed by atoms with Crippen LogP contribution in [0.2, 0.25) is 0 Å². The number of hydrogen-bond donors (Lipinski definition) is 3. The second kappa shape index (κ2) is 10.1. The van der Waals surface area contributed by atoms with Crippen LogP contribution in [0.4, 0.5) is 5.69 Å². The van der Waals surface area contributed by atoms with Crippen LogP contribution in [0.1, 0.15) is 37.3 Å². The summed E-state index contributed by atoms with van der Waals surface area (Å²) in [6, 6.07) is 11.0. The standard InChI is InChI=1S/C20H24N4O3/c1-14(2)16-5-3-4-6-17(16)24-20(27)19(26)22-12-9-18(25)23-13-15-7-10-21-11-8-15/h3-8,10-11,14H,9,12-13H2,1-2H3,(H,22,26)(H,23,25)(H,24,27). The van der Waals surface area contributed by atoms with E-state index in [1.807, 2.05) is 26.0 Å². The first-order valence-electron chi connectivity index (χ1n) is 8.81. The number of pyridine rings is 1. The van der Waals surface area contributed by atoms with E-state index in [9.17, 15) is 14.4 Å². The Morgan fingerprint density at radius 1 is 0.963 bits per heavy atom. The molecular formula is C20H24N4O3. The van der Waals surface area contributed by atoms with Gasteiger partial charge in [-0.25, -0.2) is 0 Å². The van der Waals surface area contributed by atoms with Gasteiger partial charge in [0.25, 0.3) is 0 Å². The van der Waals surface area contributed by atoms with Crippen LogP contribution in [0.25, 0.3) is 0 Å². The van der Waals surface area contributed by atoms with Gasteiger partial charge in [0.2, 0.25) is 5.91 Å². The van der Waals surface area contributed by atoms with Gasteiger partial charge in [0.1, 0.15) is 0 Å². The molecule has 0 radical (unpaired) electrons. The highest BCUT2D eigenvalue weighted by molar-refractivity contribution is 6.39.